The summed E-state index contributed by atoms with van der Waals surface area (Å²) in [6.07, 6.45) is 0.947. The zero-order valence-electron chi connectivity index (χ0n) is 9.66. The Bertz CT molecular complexity index is 363. The van der Waals surface area contributed by atoms with Gasteiger partial charge in [-0.05, 0) is 24.1 Å². The summed E-state index contributed by atoms with van der Waals surface area (Å²) in [6.45, 7) is 3.10. The van der Waals surface area contributed by atoms with Crippen LogP contribution in [-0.4, -0.2) is 19.7 Å². The Hall–Kier alpha value is -1.55. The van der Waals surface area contributed by atoms with Crippen molar-refractivity contribution in [2.75, 3.05) is 19.5 Å². The monoisotopic (exact) mass is 223 g/mol. The van der Waals surface area contributed by atoms with Crippen LogP contribution >= 0.6 is 0 Å². The summed E-state index contributed by atoms with van der Waals surface area (Å²) in [7, 11) is 1.35. The number of benzene rings is 1. The first-order valence-corrected chi connectivity index (χ1v) is 5.23. The predicted octanol–water partition coefficient (Wildman–Crippen LogP) is 1.98. The van der Waals surface area contributed by atoms with Crippen LogP contribution in [0.5, 0.6) is 0 Å². The molecule has 4 nitrogen and oxygen atoms in total. The van der Waals surface area contributed by atoms with Crippen LogP contribution in [0.1, 0.15) is 29.3 Å². The Labute approximate surface area is 95.3 Å². The first-order valence-electron chi connectivity index (χ1n) is 5.23. The van der Waals surface area contributed by atoms with Gasteiger partial charge in [0, 0.05) is 12.3 Å². The number of anilines is 1. The number of methoxy groups -OCH3 is 1. The van der Waals surface area contributed by atoms with Gasteiger partial charge in [-0.3, -0.25) is 0 Å². The van der Waals surface area contributed by atoms with Gasteiger partial charge in [0.1, 0.15) is 0 Å². The zero-order chi connectivity index (χ0) is 12.0. The molecule has 16 heavy (non-hydrogen) atoms. The van der Waals surface area contributed by atoms with Crippen molar-refractivity contribution in [1.29, 1.82) is 0 Å². The molecule has 0 bridgehead atoms. The summed E-state index contributed by atoms with van der Waals surface area (Å²) in [5.41, 5.74) is 7.44. The van der Waals surface area contributed by atoms with Crippen molar-refractivity contribution in [3.8, 4) is 0 Å². The minimum Gasteiger partial charge on any atom is -0.465 e. The molecule has 1 aromatic rings. The van der Waals surface area contributed by atoms with E-state index in [4.69, 9.17) is 10.5 Å². The Morgan fingerprint density at radius 2 is 2.19 bits per heavy atom. The number of carbonyl (C=O) groups excluding carboxylic acids is 1. The van der Waals surface area contributed by atoms with E-state index in [1.807, 2.05) is 6.92 Å². The van der Waals surface area contributed by atoms with E-state index in [2.05, 4.69) is 4.74 Å². The minimum absolute atomic E-state index is 0.387. The van der Waals surface area contributed by atoms with Crippen molar-refractivity contribution in [3.63, 3.8) is 0 Å². The molecule has 0 amide bonds. The van der Waals surface area contributed by atoms with E-state index in [0.29, 0.717) is 24.5 Å². The third-order valence-corrected chi connectivity index (χ3v) is 2.15. The summed E-state index contributed by atoms with van der Waals surface area (Å²) >= 11 is 0. The lowest BCUT2D eigenvalue weighted by Gasteiger charge is -2.09. The van der Waals surface area contributed by atoms with Crippen molar-refractivity contribution in [2.45, 2.75) is 20.0 Å². The molecule has 0 unspecified atom stereocenters. The lowest BCUT2D eigenvalue weighted by molar-refractivity contribution is 0.0592. The van der Waals surface area contributed by atoms with Crippen molar-refractivity contribution >= 4 is 11.7 Å². The van der Waals surface area contributed by atoms with Gasteiger partial charge in [0.25, 0.3) is 0 Å². The fourth-order valence-corrected chi connectivity index (χ4v) is 1.35. The molecule has 0 aromatic heterocycles. The number of hydrogen-bond acceptors (Lipinski definition) is 4. The van der Waals surface area contributed by atoms with Crippen LogP contribution < -0.4 is 5.73 Å². The largest absolute Gasteiger partial charge is 0.465 e. The Morgan fingerprint density at radius 1 is 1.44 bits per heavy atom. The van der Waals surface area contributed by atoms with Crippen LogP contribution in [0.25, 0.3) is 0 Å². The molecule has 0 saturated carbocycles. The van der Waals surface area contributed by atoms with Gasteiger partial charge in [-0.1, -0.05) is 13.0 Å². The van der Waals surface area contributed by atoms with Gasteiger partial charge in [-0.25, -0.2) is 4.79 Å². The molecule has 0 aliphatic rings. The van der Waals surface area contributed by atoms with E-state index in [1.165, 1.54) is 7.11 Å². The number of ether oxygens (including phenoxy) is 2. The van der Waals surface area contributed by atoms with Crippen molar-refractivity contribution in [3.05, 3.63) is 29.3 Å². The lowest BCUT2D eigenvalue weighted by Crippen LogP contribution is -2.08. The molecule has 1 aromatic carbocycles. The molecular formula is C12H17NO3. The Morgan fingerprint density at radius 3 is 2.81 bits per heavy atom. The summed E-state index contributed by atoms with van der Waals surface area (Å²) < 4.78 is 10.1. The summed E-state index contributed by atoms with van der Waals surface area (Å²) in [5, 5.41) is 0. The second-order valence-electron chi connectivity index (χ2n) is 3.46. The first kappa shape index (κ1) is 12.5. The fourth-order valence-electron chi connectivity index (χ4n) is 1.35. The predicted molar refractivity (Wildman–Crippen MR) is 62.1 cm³/mol. The average molecular weight is 223 g/mol. The van der Waals surface area contributed by atoms with Crippen LogP contribution in [0, 0.1) is 0 Å². The molecule has 0 spiro atoms. The standard InChI is InChI=1S/C12H17NO3/c1-3-6-16-8-9-4-5-10(13)7-11(9)12(14)15-2/h4-5,7H,3,6,8,13H2,1-2H3. The highest BCUT2D eigenvalue weighted by molar-refractivity contribution is 5.92. The van der Waals surface area contributed by atoms with Gasteiger partial charge in [0.15, 0.2) is 0 Å². The highest BCUT2D eigenvalue weighted by Gasteiger charge is 2.11. The van der Waals surface area contributed by atoms with Crippen LogP contribution in [0.4, 0.5) is 5.69 Å². The maximum Gasteiger partial charge on any atom is 0.338 e. The maximum absolute atomic E-state index is 11.5. The van der Waals surface area contributed by atoms with Crippen LogP contribution in [0.3, 0.4) is 0 Å². The molecule has 0 saturated heterocycles. The van der Waals surface area contributed by atoms with E-state index in [-0.39, 0.29) is 5.97 Å². The second kappa shape index (κ2) is 6.12. The second-order valence-corrected chi connectivity index (χ2v) is 3.46. The van der Waals surface area contributed by atoms with E-state index in [1.54, 1.807) is 18.2 Å². The fraction of sp³-hybridized carbons (Fsp3) is 0.417. The van der Waals surface area contributed by atoms with Crippen LogP contribution in [0.15, 0.2) is 18.2 Å². The van der Waals surface area contributed by atoms with E-state index in [9.17, 15) is 4.79 Å². The van der Waals surface area contributed by atoms with Gasteiger partial charge < -0.3 is 15.2 Å². The quantitative estimate of drug-likeness (QED) is 0.471. The number of esters is 1. The summed E-state index contributed by atoms with van der Waals surface area (Å²) in [5.74, 6) is -0.387. The van der Waals surface area contributed by atoms with Crippen molar-refractivity contribution in [1.82, 2.24) is 0 Å². The molecule has 0 fully saturated rings. The third kappa shape index (κ3) is 3.24. The minimum atomic E-state index is -0.387. The van der Waals surface area contributed by atoms with Gasteiger partial charge in [-0.2, -0.15) is 0 Å². The summed E-state index contributed by atoms with van der Waals surface area (Å²) in [4.78, 5) is 11.5. The highest BCUT2D eigenvalue weighted by atomic mass is 16.5. The molecule has 0 heterocycles. The SMILES string of the molecule is CCCOCc1ccc(N)cc1C(=O)OC. The number of nitrogen functional groups attached to an aromatic ring is 1. The smallest absolute Gasteiger partial charge is 0.338 e. The molecule has 2 N–H and O–H groups in total. The Balaban J connectivity index is 2.85. The first-order chi connectivity index (χ1) is 7.69. The van der Waals surface area contributed by atoms with Gasteiger partial charge in [-0.15, -0.1) is 0 Å². The molecular weight excluding hydrogens is 206 g/mol. The lowest BCUT2D eigenvalue weighted by atomic mass is 10.1. The Kier molecular flexibility index (Phi) is 4.79. The summed E-state index contributed by atoms with van der Waals surface area (Å²) in [6, 6.07) is 5.14. The number of rotatable bonds is 5. The van der Waals surface area contributed by atoms with Crippen molar-refractivity contribution < 1.29 is 14.3 Å². The average Bonchev–Trinajstić information content (AvgIpc) is 2.30. The van der Waals surface area contributed by atoms with Gasteiger partial charge in [0.05, 0.1) is 19.3 Å². The normalized spacial score (nSPS) is 10.1. The van der Waals surface area contributed by atoms with E-state index < -0.39 is 0 Å². The van der Waals surface area contributed by atoms with Gasteiger partial charge >= 0.3 is 5.97 Å². The molecule has 0 radical (unpaired) electrons. The highest BCUT2D eigenvalue weighted by Crippen LogP contribution is 2.15. The van der Waals surface area contributed by atoms with Crippen LogP contribution in [-0.2, 0) is 16.1 Å². The zero-order valence-corrected chi connectivity index (χ0v) is 9.66. The molecule has 4 heteroatoms. The number of hydrogen-bond donors (Lipinski definition) is 1. The molecule has 0 aliphatic heterocycles. The molecule has 0 aliphatic carbocycles. The number of carbonyl (C=O) groups is 1. The molecule has 88 valence electrons. The molecule has 0 atom stereocenters. The maximum atomic E-state index is 11.5. The van der Waals surface area contributed by atoms with Gasteiger partial charge in [0.2, 0.25) is 0 Å². The number of nitrogens with two attached hydrogens (primary N) is 1. The van der Waals surface area contributed by atoms with E-state index in [0.717, 1.165) is 12.0 Å². The third-order valence-electron chi connectivity index (χ3n) is 2.15. The van der Waals surface area contributed by atoms with Crippen LogP contribution in [0.2, 0.25) is 0 Å². The van der Waals surface area contributed by atoms with Crippen molar-refractivity contribution in [2.24, 2.45) is 0 Å². The topological polar surface area (TPSA) is 61.5 Å². The molecule has 1 rings (SSSR count). The van der Waals surface area contributed by atoms with E-state index >= 15 is 0 Å².